The van der Waals surface area contributed by atoms with E-state index in [4.69, 9.17) is 5.11 Å². The van der Waals surface area contributed by atoms with E-state index in [1.54, 1.807) is 6.92 Å². The summed E-state index contributed by atoms with van der Waals surface area (Å²) >= 11 is 0. The van der Waals surface area contributed by atoms with Crippen molar-refractivity contribution in [2.45, 2.75) is 39.2 Å². The number of urea groups is 1. The van der Waals surface area contributed by atoms with Gasteiger partial charge in [0, 0.05) is 13.0 Å². The van der Waals surface area contributed by atoms with Gasteiger partial charge >= 0.3 is 12.0 Å². The first kappa shape index (κ1) is 15.9. The van der Waals surface area contributed by atoms with E-state index >= 15 is 0 Å². The van der Waals surface area contributed by atoms with E-state index in [9.17, 15) is 9.59 Å². The van der Waals surface area contributed by atoms with Gasteiger partial charge in [0.25, 0.3) is 0 Å². The predicted octanol–water partition coefficient (Wildman–Crippen LogP) is 0.536. The van der Waals surface area contributed by atoms with E-state index in [2.05, 4.69) is 25.8 Å². The zero-order valence-electron chi connectivity index (χ0n) is 11.7. The predicted molar refractivity (Wildman–Crippen MR) is 72.1 cm³/mol. The number of H-pyrrole nitrogens is 1. The molecule has 0 bridgehead atoms. The number of rotatable bonds is 8. The largest absolute Gasteiger partial charge is 0.480 e. The van der Waals surface area contributed by atoms with E-state index in [1.807, 2.05) is 6.92 Å². The van der Waals surface area contributed by atoms with Crippen LogP contribution in [0.1, 0.15) is 32.5 Å². The van der Waals surface area contributed by atoms with Gasteiger partial charge in [-0.25, -0.2) is 14.6 Å². The summed E-state index contributed by atoms with van der Waals surface area (Å²) in [5.74, 6) is -0.376. The van der Waals surface area contributed by atoms with Crippen LogP contribution in [0.5, 0.6) is 0 Å². The standard InChI is InChI=1S/C12H21N5O3/c1-3-8(2)10(11(18)19)16-12(20)13-6-4-5-9-14-7-15-17-9/h7-8,10H,3-6H2,1-2H3,(H,18,19)(H2,13,16,20)(H,14,15,17). The number of hydrogen-bond acceptors (Lipinski definition) is 4. The van der Waals surface area contributed by atoms with Crippen LogP contribution in [0, 0.1) is 5.92 Å². The Bertz CT molecular complexity index is 421. The summed E-state index contributed by atoms with van der Waals surface area (Å²) < 4.78 is 0. The molecule has 1 aromatic heterocycles. The number of aromatic amines is 1. The number of aromatic nitrogens is 3. The minimum Gasteiger partial charge on any atom is -0.480 e. The van der Waals surface area contributed by atoms with E-state index in [-0.39, 0.29) is 5.92 Å². The molecule has 1 heterocycles. The maximum absolute atomic E-state index is 11.6. The Morgan fingerprint density at radius 3 is 2.80 bits per heavy atom. The zero-order chi connectivity index (χ0) is 15.0. The summed E-state index contributed by atoms with van der Waals surface area (Å²) in [5, 5.41) is 20.6. The number of carboxylic acid groups (broad SMARTS) is 1. The van der Waals surface area contributed by atoms with Crippen LogP contribution in [0.3, 0.4) is 0 Å². The summed E-state index contributed by atoms with van der Waals surface area (Å²) in [7, 11) is 0. The third-order valence-corrected chi connectivity index (χ3v) is 3.11. The van der Waals surface area contributed by atoms with Gasteiger partial charge in [0.15, 0.2) is 0 Å². The molecule has 1 rings (SSSR count). The van der Waals surface area contributed by atoms with E-state index in [0.29, 0.717) is 25.8 Å². The van der Waals surface area contributed by atoms with E-state index in [0.717, 1.165) is 5.82 Å². The maximum atomic E-state index is 11.6. The second kappa shape index (κ2) is 8.13. The number of aliphatic carboxylic acids is 1. The monoisotopic (exact) mass is 283 g/mol. The van der Waals surface area contributed by atoms with Crippen LogP contribution in [0.4, 0.5) is 4.79 Å². The highest BCUT2D eigenvalue weighted by molar-refractivity contribution is 5.82. The third-order valence-electron chi connectivity index (χ3n) is 3.11. The molecule has 0 aliphatic carbocycles. The Morgan fingerprint density at radius 2 is 2.25 bits per heavy atom. The van der Waals surface area contributed by atoms with Crippen LogP contribution in [0.25, 0.3) is 0 Å². The summed E-state index contributed by atoms with van der Waals surface area (Å²) in [4.78, 5) is 26.6. The molecular weight excluding hydrogens is 262 g/mol. The summed E-state index contributed by atoms with van der Waals surface area (Å²) in [6.45, 7) is 4.12. The molecule has 0 radical (unpaired) electrons. The Morgan fingerprint density at radius 1 is 1.50 bits per heavy atom. The Balaban J connectivity index is 2.26. The van der Waals surface area contributed by atoms with Gasteiger partial charge in [-0.1, -0.05) is 20.3 Å². The summed E-state index contributed by atoms with van der Waals surface area (Å²) in [6.07, 6.45) is 3.49. The van der Waals surface area contributed by atoms with Gasteiger partial charge in [-0.3, -0.25) is 5.10 Å². The molecule has 2 unspecified atom stereocenters. The second-order valence-corrected chi connectivity index (χ2v) is 4.64. The highest BCUT2D eigenvalue weighted by atomic mass is 16.4. The van der Waals surface area contributed by atoms with Crippen molar-refractivity contribution in [3.05, 3.63) is 12.2 Å². The molecular formula is C12H21N5O3. The van der Waals surface area contributed by atoms with Crippen molar-refractivity contribution in [3.8, 4) is 0 Å². The molecule has 8 heteroatoms. The quantitative estimate of drug-likeness (QED) is 0.519. The Kier molecular flexibility index (Phi) is 6.48. The molecule has 20 heavy (non-hydrogen) atoms. The van der Waals surface area contributed by atoms with Gasteiger partial charge in [0.1, 0.15) is 18.2 Å². The van der Waals surface area contributed by atoms with E-state index < -0.39 is 18.0 Å². The minimum absolute atomic E-state index is 0.118. The Hall–Kier alpha value is -2.12. The average Bonchev–Trinajstić information content (AvgIpc) is 2.93. The van der Waals surface area contributed by atoms with Crippen LogP contribution in [-0.2, 0) is 11.2 Å². The maximum Gasteiger partial charge on any atom is 0.326 e. The lowest BCUT2D eigenvalue weighted by Gasteiger charge is -2.20. The zero-order valence-corrected chi connectivity index (χ0v) is 11.7. The lowest BCUT2D eigenvalue weighted by Crippen LogP contribution is -2.49. The number of hydrogen-bond donors (Lipinski definition) is 4. The number of nitrogens with one attached hydrogen (secondary N) is 3. The molecule has 0 saturated heterocycles. The molecule has 2 atom stereocenters. The normalized spacial score (nSPS) is 13.5. The average molecular weight is 283 g/mol. The van der Waals surface area contributed by atoms with Gasteiger partial charge in [0.2, 0.25) is 0 Å². The number of carboxylic acids is 1. The van der Waals surface area contributed by atoms with Crippen LogP contribution in [0.2, 0.25) is 0 Å². The van der Waals surface area contributed by atoms with Crippen LogP contribution in [-0.4, -0.2) is 44.9 Å². The highest BCUT2D eigenvalue weighted by Gasteiger charge is 2.24. The van der Waals surface area contributed by atoms with Crippen LogP contribution < -0.4 is 10.6 Å². The number of carbonyl (C=O) groups excluding carboxylic acids is 1. The molecule has 0 fully saturated rings. The van der Waals surface area contributed by atoms with Crippen LogP contribution >= 0.6 is 0 Å². The van der Waals surface area contributed by atoms with Crippen molar-refractivity contribution in [2.75, 3.05) is 6.54 Å². The second-order valence-electron chi connectivity index (χ2n) is 4.64. The lowest BCUT2D eigenvalue weighted by molar-refractivity contribution is -0.140. The fourth-order valence-electron chi connectivity index (χ4n) is 1.68. The first-order chi connectivity index (χ1) is 9.54. The first-order valence-electron chi connectivity index (χ1n) is 6.66. The van der Waals surface area contributed by atoms with Crippen molar-refractivity contribution in [1.29, 1.82) is 0 Å². The van der Waals surface area contributed by atoms with Gasteiger partial charge in [-0.2, -0.15) is 5.10 Å². The van der Waals surface area contributed by atoms with Gasteiger partial charge in [-0.15, -0.1) is 0 Å². The highest BCUT2D eigenvalue weighted by Crippen LogP contribution is 2.07. The number of nitrogens with zero attached hydrogens (tertiary/aromatic N) is 2. The number of aryl methyl sites for hydroxylation is 1. The summed E-state index contributed by atoms with van der Waals surface area (Å²) in [5.41, 5.74) is 0. The molecule has 8 nitrogen and oxygen atoms in total. The minimum atomic E-state index is -1.02. The van der Waals surface area contributed by atoms with Gasteiger partial charge in [0.05, 0.1) is 0 Å². The fraction of sp³-hybridized carbons (Fsp3) is 0.667. The van der Waals surface area contributed by atoms with Crippen molar-refractivity contribution in [3.63, 3.8) is 0 Å². The third kappa shape index (κ3) is 5.25. The molecule has 0 saturated carbocycles. The summed E-state index contributed by atoms with van der Waals surface area (Å²) in [6, 6.07) is -1.33. The molecule has 2 amide bonds. The number of carbonyl (C=O) groups is 2. The molecule has 0 aliphatic heterocycles. The number of amides is 2. The van der Waals surface area contributed by atoms with E-state index in [1.165, 1.54) is 6.33 Å². The molecule has 4 N–H and O–H groups in total. The molecule has 0 spiro atoms. The fourth-order valence-corrected chi connectivity index (χ4v) is 1.68. The lowest BCUT2D eigenvalue weighted by atomic mass is 9.99. The van der Waals surface area contributed by atoms with Gasteiger partial charge < -0.3 is 15.7 Å². The topological polar surface area (TPSA) is 120 Å². The molecule has 1 aromatic rings. The SMILES string of the molecule is CCC(C)C(NC(=O)NCCCc1ncn[nH]1)C(=O)O. The van der Waals surface area contributed by atoms with Crippen molar-refractivity contribution in [2.24, 2.45) is 5.92 Å². The van der Waals surface area contributed by atoms with Crippen molar-refractivity contribution in [1.82, 2.24) is 25.8 Å². The Labute approximate surface area is 117 Å². The molecule has 112 valence electrons. The van der Waals surface area contributed by atoms with Crippen molar-refractivity contribution >= 4 is 12.0 Å². The van der Waals surface area contributed by atoms with Crippen LogP contribution in [0.15, 0.2) is 6.33 Å². The smallest absolute Gasteiger partial charge is 0.326 e. The molecule has 0 aliphatic rings. The van der Waals surface area contributed by atoms with Crippen molar-refractivity contribution < 1.29 is 14.7 Å². The molecule has 0 aromatic carbocycles. The first-order valence-corrected chi connectivity index (χ1v) is 6.66. The van der Waals surface area contributed by atoms with Gasteiger partial charge in [-0.05, 0) is 12.3 Å².